The molecule has 6 nitrogen and oxygen atoms in total. The highest BCUT2D eigenvalue weighted by Gasteiger charge is 2.47. The number of anilines is 1. The van der Waals surface area contributed by atoms with Gasteiger partial charge in [0.15, 0.2) is 0 Å². The highest BCUT2D eigenvalue weighted by molar-refractivity contribution is 6.52. The van der Waals surface area contributed by atoms with Crippen LogP contribution in [0.1, 0.15) is 36.6 Å². The van der Waals surface area contributed by atoms with Crippen molar-refractivity contribution in [3.05, 3.63) is 100 Å². The fraction of sp³-hybridized carbons (Fsp3) is 0.226. The number of ketones is 1. The number of aromatic nitrogens is 1. The highest BCUT2D eigenvalue weighted by atomic mass is 35.5. The van der Waals surface area contributed by atoms with Crippen LogP contribution in [0.3, 0.4) is 0 Å². The first-order valence-corrected chi connectivity index (χ1v) is 12.9. The Morgan fingerprint density at radius 3 is 2.45 bits per heavy atom. The molecule has 38 heavy (non-hydrogen) atoms. The first-order chi connectivity index (χ1) is 18.2. The standard InChI is InChI=1S/C31H29ClN2O4/c1-18(2)17-38-26-14-9-20(15-19(26)3)29(35)27-28(24-16-33(4)25-8-6-5-7-23(24)25)34(31(37)30(27)36)22-12-10-21(32)11-13-22/h5-16,18,28,35H,17H2,1-4H3/b29-27+. The Morgan fingerprint density at radius 2 is 1.76 bits per heavy atom. The van der Waals surface area contributed by atoms with E-state index in [-0.39, 0.29) is 11.3 Å². The zero-order valence-corrected chi connectivity index (χ0v) is 22.5. The molecule has 1 aliphatic rings. The van der Waals surface area contributed by atoms with E-state index in [0.29, 0.717) is 34.5 Å². The Kier molecular flexibility index (Phi) is 6.76. The predicted molar refractivity (Wildman–Crippen MR) is 151 cm³/mol. The SMILES string of the molecule is Cc1cc(/C(O)=C2\C(=O)C(=O)N(c3ccc(Cl)cc3)C2c2cn(C)c3ccccc23)ccc1OCC(C)C. The Bertz CT molecular complexity index is 1580. The molecule has 1 aromatic heterocycles. The lowest BCUT2D eigenvalue weighted by molar-refractivity contribution is -0.132. The van der Waals surface area contributed by atoms with Gasteiger partial charge < -0.3 is 14.4 Å². The van der Waals surface area contributed by atoms with Gasteiger partial charge in [-0.25, -0.2) is 0 Å². The van der Waals surface area contributed by atoms with Crippen molar-refractivity contribution in [2.45, 2.75) is 26.8 Å². The maximum atomic E-state index is 13.6. The van der Waals surface area contributed by atoms with E-state index in [2.05, 4.69) is 13.8 Å². The Balaban J connectivity index is 1.70. The molecule has 4 aromatic rings. The van der Waals surface area contributed by atoms with E-state index < -0.39 is 17.7 Å². The van der Waals surface area contributed by atoms with Gasteiger partial charge in [0.2, 0.25) is 0 Å². The van der Waals surface area contributed by atoms with E-state index >= 15 is 0 Å². The third-order valence-electron chi connectivity index (χ3n) is 6.79. The molecule has 7 heteroatoms. The van der Waals surface area contributed by atoms with E-state index in [1.807, 2.05) is 49.0 Å². The molecule has 3 aromatic carbocycles. The lowest BCUT2D eigenvalue weighted by Gasteiger charge is -2.25. The summed E-state index contributed by atoms with van der Waals surface area (Å²) in [5, 5.41) is 13.0. The van der Waals surface area contributed by atoms with Crippen molar-refractivity contribution in [1.82, 2.24) is 4.57 Å². The van der Waals surface area contributed by atoms with Gasteiger partial charge >= 0.3 is 0 Å². The molecule has 0 bridgehead atoms. The van der Waals surface area contributed by atoms with E-state index in [1.165, 1.54) is 4.90 Å². The van der Waals surface area contributed by atoms with Gasteiger partial charge in [-0.15, -0.1) is 0 Å². The summed E-state index contributed by atoms with van der Waals surface area (Å²) in [7, 11) is 1.92. The van der Waals surface area contributed by atoms with Crippen LogP contribution in [-0.4, -0.2) is 28.0 Å². The molecule has 0 radical (unpaired) electrons. The Labute approximate surface area is 226 Å². The molecule has 1 fully saturated rings. The summed E-state index contributed by atoms with van der Waals surface area (Å²) < 4.78 is 7.84. The normalized spacial score (nSPS) is 17.1. The largest absolute Gasteiger partial charge is 0.507 e. The van der Waals surface area contributed by atoms with Crippen LogP contribution in [0.2, 0.25) is 5.02 Å². The zero-order chi connectivity index (χ0) is 27.1. The van der Waals surface area contributed by atoms with Gasteiger partial charge in [-0.05, 0) is 66.9 Å². The molecule has 0 aliphatic carbocycles. The summed E-state index contributed by atoms with van der Waals surface area (Å²) in [6.07, 6.45) is 1.91. The van der Waals surface area contributed by atoms with Crippen molar-refractivity contribution < 1.29 is 19.4 Å². The van der Waals surface area contributed by atoms with Crippen molar-refractivity contribution in [3.8, 4) is 5.75 Å². The summed E-state index contributed by atoms with van der Waals surface area (Å²) in [6, 6.07) is 19.0. The number of carbonyl (C=O) groups is 2. The number of hydrogen-bond donors (Lipinski definition) is 1. The number of halogens is 1. The van der Waals surface area contributed by atoms with Gasteiger partial charge in [-0.3, -0.25) is 14.5 Å². The molecule has 194 valence electrons. The average Bonchev–Trinajstić information content (AvgIpc) is 3.36. The number of ether oxygens (including phenoxy) is 1. The van der Waals surface area contributed by atoms with Crippen molar-refractivity contribution in [3.63, 3.8) is 0 Å². The second-order valence-corrected chi connectivity index (χ2v) is 10.5. The van der Waals surface area contributed by atoms with Crippen molar-refractivity contribution >= 4 is 45.6 Å². The number of aryl methyl sites for hydroxylation is 2. The second-order valence-electron chi connectivity index (χ2n) is 10.0. The van der Waals surface area contributed by atoms with E-state index in [0.717, 1.165) is 22.0 Å². The van der Waals surface area contributed by atoms with Gasteiger partial charge in [-0.2, -0.15) is 0 Å². The summed E-state index contributed by atoms with van der Waals surface area (Å²) in [5.41, 5.74) is 3.51. The third-order valence-corrected chi connectivity index (χ3v) is 7.04. The number of rotatable bonds is 6. The molecule has 1 N–H and O–H groups in total. The summed E-state index contributed by atoms with van der Waals surface area (Å²) in [5.74, 6) is -0.598. The van der Waals surface area contributed by atoms with Crippen molar-refractivity contribution in [2.75, 3.05) is 11.5 Å². The molecule has 1 atom stereocenters. The van der Waals surface area contributed by atoms with Crippen molar-refractivity contribution in [1.29, 1.82) is 0 Å². The van der Waals surface area contributed by atoms with Gasteiger partial charge in [0, 0.05) is 46.0 Å². The number of benzene rings is 3. The van der Waals surface area contributed by atoms with Crippen LogP contribution in [0.4, 0.5) is 5.69 Å². The molecule has 1 unspecified atom stereocenters. The number of nitrogens with zero attached hydrogens (tertiary/aromatic N) is 2. The lowest BCUT2D eigenvalue weighted by atomic mass is 9.94. The number of para-hydroxylation sites is 1. The number of carbonyl (C=O) groups excluding carboxylic acids is 2. The smallest absolute Gasteiger partial charge is 0.300 e. The molecule has 5 rings (SSSR count). The number of aliphatic hydroxyl groups excluding tert-OH is 1. The van der Waals surface area contributed by atoms with Gasteiger partial charge in [-0.1, -0.05) is 43.6 Å². The van der Waals surface area contributed by atoms with Crippen LogP contribution in [0, 0.1) is 12.8 Å². The molecule has 1 amide bonds. The lowest BCUT2D eigenvalue weighted by Crippen LogP contribution is -2.29. The molecule has 1 saturated heterocycles. The van der Waals surface area contributed by atoms with Gasteiger partial charge in [0.1, 0.15) is 11.5 Å². The van der Waals surface area contributed by atoms with Gasteiger partial charge in [0.05, 0.1) is 18.2 Å². The minimum absolute atomic E-state index is 0.0385. The number of Topliss-reactive ketones (excluding diaryl/α,β-unsaturated/α-hetero) is 1. The number of fused-ring (bicyclic) bond motifs is 1. The predicted octanol–water partition coefficient (Wildman–Crippen LogP) is 6.80. The molecule has 0 saturated carbocycles. The third kappa shape index (κ3) is 4.45. The maximum absolute atomic E-state index is 13.6. The molecular formula is C31H29ClN2O4. The minimum atomic E-state index is -0.834. The fourth-order valence-corrected chi connectivity index (χ4v) is 5.08. The summed E-state index contributed by atoms with van der Waals surface area (Å²) in [4.78, 5) is 28.5. The highest BCUT2D eigenvalue weighted by Crippen LogP contribution is 2.45. The molecule has 2 heterocycles. The van der Waals surface area contributed by atoms with Crippen LogP contribution < -0.4 is 9.64 Å². The van der Waals surface area contributed by atoms with Crippen LogP contribution in [0.15, 0.2) is 78.5 Å². The van der Waals surface area contributed by atoms with Crippen LogP contribution >= 0.6 is 11.6 Å². The summed E-state index contributed by atoms with van der Waals surface area (Å²) >= 11 is 6.11. The number of hydrogen-bond acceptors (Lipinski definition) is 4. The van der Waals surface area contributed by atoms with Gasteiger partial charge in [0.25, 0.3) is 11.7 Å². The second kappa shape index (κ2) is 10.0. The summed E-state index contributed by atoms with van der Waals surface area (Å²) in [6.45, 7) is 6.60. The average molecular weight is 529 g/mol. The maximum Gasteiger partial charge on any atom is 0.300 e. The van der Waals surface area contributed by atoms with Crippen LogP contribution in [0.25, 0.3) is 16.7 Å². The topological polar surface area (TPSA) is 71.8 Å². The Hall–Kier alpha value is -4.03. The number of aliphatic hydroxyl groups is 1. The zero-order valence-electron chi connectivity index (χ0n) is 21.7. The first kappa shape index (κ1) is 25.6. The van der Waals surface area contributed by atoms with E-state index in [9.17, 15) is 14.7 Å². The monoisotopic (exact) mass is 528 g/mol. The Morgan fingerprint density at radius 1 is 1.05 bits per heavy atom. The first-order valence-electron chi connectivity index (χ1n) is 12.5. The van der Waals surface area contributed by atoms with Crippen molar-refractivity contribution in [2.24, 2.45) is 13.0 Å². The molecule has 1 aliphatic heterocycles. The number of amides is 1. The quantitative estimate of drug-likeness (QED) is 0.170. The minimum Gasteiger partial charge on any atom is -0.507 e. The van der Waals surface area contributed by atoms with Crippen LogP contribution in [-0.2, 0) is 16.6 Å². The molecule has 0 spiro atoms. The fourth-order valence-electron chi connectivity index (χ4n) is 4.96. The molecular weight excluding hydrogens is 500 g/mol. The van der Waals surface area contributed by atoms with E-state index in [1.54, 1.807) is 42.5 Å². The van der Waals surface area contributed by atoms with E-state index in [4.69, 9.17) is 16.3 Å². The van der Waals surface area contributed by atoms with Crippen LogP contribution in [0.5, 0.6) is 5.75 Å².